The molecular weight excluding hydrogens is 336 g/mol. The van der Waals surface area contributed by atoms with Gasteiger partial charge < -0.3 is 16.4 Å². The molecule has 0 spiro atoms. The zero-order chi connectivity index (χ0) is 19.1. The SMILES string of the molecule is N#C[C@H](Cc1ccc(-c2ccc(CN)cc2)cc1)NC(=O)C1CCCCN1. The summed E-state index contributed by atoms with van der Waals surface area (Å²) in [6, 6.07) is 17.8. The summed E-state index contributed by atoms with van der Waals surface area (Å²) >= 11 is 0. The van der Waals surface area contributed by atoms with Gasteiger partial charge in [-0.2, -0.15) is 5.26 Å². The van der Waals surface area contributed by atoms with Crippen molar-refractivity contribution in [1.82, 2.24) is 10.6 Å². The molecule has 0 aliphatic carbocycles. The van der Waals surface area contributed by atoms with Gasteiger partial charge in [0.05, 0.1) is 12.1 Å². The lowest BCUT2D eigenvalue weighted by Crippen LogP contribution is -2.49. The quantitative estimate of drug-likeness (QED) is 0.736. The lowest BCUT2D eigenvalue weighted by atomic mass is 9.99. The summed E-state index contributed by atoms with van der Waals surface area (Å²) in [5, 5.41) is 15.5. The Hall–Kier alpha value is -2.68. The lowest BCUT2D eigenvalue weighted by Gasteiger charge is -2.23. The number of hydrogen-bond donors (Lipinski definition) is 3. The molecule has 1 aliphatic rings. The first-order valence-corrected chi connectivity index (χ1v) is 9.51. The topological polar surface area (TPSA) is 90.9 Å². The van der Waals surface area contributed by atoms with Crippen LogP contribution in [0.4, 0.5) is 0 Å². The molecule has 0 aromatic heterocycles. The molecule has 27 heavy (non-hydrogen) atoms. The van der Waals surface area contributed by atoms with Gasteiger partial charge in [0.25, 0.3) is 0 Å². The maximum absolute atomic E-state index is 12.3. The summed E-state index contributed by atoms with van der Waals surface area (Å²) in [7, 11) is 0. The molecule has 1 saturated heterocycles. The van der Waals surface area contributed by atoms with Crippen LogP contribution in [0.15, 0.2) is 48.5 Å². The smallest absolute Gasteiger partial charge is 0.238 e. The summed E-state index contributed by atoms with van der Waals surface area (Å²) in [4.78, 5) is 12.3. The van der Waals surface area contributed by atoms with Gasteiger partial charge in [-0.1, -0.05) is 55.0 Å². The largest absolute Gasteiger partial charge is 0.339 e. The minimum atomic E-state index is -0.518. The van der Waals surface area contributed by atoms with Crippen molar-refractivity contribution in [3.8, 4) is 17.2 Å². The minimum Gasteiger partial charge on any atom is -0.339 e. The number of nitriles is 1. The van der Waals surface area contributed by atoms with Crippen molar-refractivity contribution in [2.75, 3.05) is 6.54 Å². The molecule has 1 aliphatic heterocycles. The molecule has 3 rings (SSSR count). The van der Waals surface area contributed by atoms with Crippen molar-refractivity contribution in [1.29, 1.82) is 5.26 Å². The summed E-state index contributed by atoms with van der Waals surface area (Å²) in [6.45, 7) is 1.40. The predicted octanol–water partition coefficient (Wildman–Crippen LogP) is 2.51. The lowest BCUT2D eigenvalue weighted by molar-refractivity contribution is -0.124. The van der Waals surface area contributed by atoms with E-state index in [-0.39, 0.29) is 11.9 Å². The van der Waals surface area contributed by atoms with Crippen LogP contribution in [0.25, 0.3) is 11.1 Å². The summed E-state index contributed by atoms with van der Waals surface area (Å²) in [5.41, 5.74) is 10.0. The Labute approximate surface area is 160 Å². The predicted molar refractivity (Wildman–Crippen MR) is 107 cm³/mol. The van der Waals surface area contributed by atoms with E-state index in [1.165, 1.54) is 0 Å². The maximum Gasteiger partial charge on any atom is 0.238 e. The highest BCUT2D eigenvalue weighted by Crippen LogP contribution is 2.21. The molecule has 0 saturated carbocycles. The first kappa shape index (κ1) is 19.1. The number of carbonyl (C=O) groups is 1. The van der Waals surface area contributed by atoms with Crippen LogP contribution in [0.3, 0.4) is 0 Å². The van der Waals surface area contributed by atoms with E-state index >= 15 is 0 Å². The van der Waals surface area contributed by atoms with Gasteiger partial charge in [0.2, 0.25) is 5.91 Å². The van der Waals surface area contributed by atoms with Gasteiger partial charge in [0.15, 0.2) is 0 Å². The van der Waals surface area contributed by atoms with Gasteiger partial charge in [0, 0.05) is 13.0 Å². The van der Waals surface area contributed by atoms with Gasteiger partial charge in [-0.05, 0) is 41.6 Å². The number of rotatable bonds is 6. The van der Waals surface area contributed by atoms with Crippen LogP contribution in [0.5, 0.6) is 0 Å². The van der Waals surface area contributed by atoms with E-state index in [1.807, 2.05) is 36.4 Å². The van der Waals surface area contributed by atoms with E-state index in [2.05, 4.69) is 28.8 Å². The first-order chi connectivity index (χ1) is 13.2. The molecule has 5 nitrogen and oxygen atoms in total. The van der Waals surface area contributed by atoms with Gasteiger partial charge >= 0.3 is 0 Å². The maximum atomic E-state index is 12.3. The zero-order valence-electron chi connectivity index (χ0n) is 15.4. The minimum absolute atomic E-state index is 0.0714. The molecule has 0 bridgehead atoms. The highest BCUT2D eigenvalue weighted by atomic mass is 16.2. The van der Waals surface area contributed by atoms with Crippen LogP contribution in [-0.2, 0) is 17.8 Å². The molecule has 1 unspecified atom stereocenters. The molecule has 140 valence electrons. The van der Waals surface area contributed by atoms with E-state index in [9.17, 15) is 10.1 Å². The molecular formula is C22H26N4O. The first-order valence-electron chi connectivity index (χ1n) is 9.51. The molecule has 0 radical (unpaired) electrons. The fourth-order valence-electron chi connectivity index (χ4n) is 3.38. The normalized spacial score (nSPS) is 17.7. The Bertz CT molecular complexity index is 787. The third-order valence-electron chi connectivity index (χ3n) is 5.02. The standard InChI is InChI=1S/C22H26N4O/c23-14-17-6-10-19(11-7-17)18-8-4-16(5-9-18)13-20(15-24)26-22(27)21-3-1-2-12-25-21/h4-11,20-21,25H,1-3,12-14,23H2,(H,26,27)/t20-,21?/m0/s1. The highest BCUT2D eigenvalue weighted by Gasteiger charge is 2.22. The number of carbonyl (C=O) groups excluding carboxylic acids is 1. The van der Waals surface area contributed by atoms with Gasteiger partial charge in [-0.3, -0.25) is 4.79 Å². The van der Waals surface area contributed by atoms with Gasteiger partial charge in [-0.25, -0.2) is 0 Å². The fourth-order valence-corrected chi connectivity index (χ4v) is 3.38. The Morgan fingerprint density at radius 1 is 1.11 bits per heavy atom. The number of nitrogens with two attached hydrogens (primary N) is 1. The van der Waals surface area contributed by atoms with Crippen LogP contribution in [0.2, 0.25) is 0 Å². The number of hydrogen-bond acceptors (Lipinski definition) is 4. The molecule has 1 fully saturated rings. The Morgan fingerprint density at radius 2 is 1.74 bits per heavy atom. The zero-order valence-corrected chi connectivity index (χ0v) is 15.4. The number of benzene rings is 2. The fraction of sp³-hybridized carbons (Fsp3) is 0.364. The molecule has 2 aromatic rings. The van der Waals surface area contributed by atoms with E-state index in [4.69, 9.17) is 5.73 Å². The third kappa shape index (κ3) is 5.16. The van der Waals surface area contributed by atoms with E-state index in [0.29, 0.717) is 13.0 Å². The second kappa shape index (κ2) is 9.31. The molecule has 4 N–H and O–H groups in total. The van der Waals surface area contributed by atoms with Crippen molar-refractivity contribution in [3.63, 3.8) is 0 Å². The highest BCUT2D eigenvalue weighted by molar-refractivity contribution is 5.82. The Morgan fingerprint density at radius 3 is 2.26 bits per heavy atom. The Kier molecular flexibility index (Phi) is 6.59. The monoisotopic (exact) mass is 362 g/mol. The summed E-state index contributed by atoms with van der Waals surface area (Å²) in [6.07, 6.45) is 3.49. The van der Waals surface area contributed by atoms with E-state index in [0.717, 1.165) is 48.1 Å². The van der Waals surface area contributed by atoms with Crippen LogP contribution in [0.1, 0.15) is 30.4 Å². The van der Waals surface area contributed by atoms with Crippen molar-refractivity contribution in [2.24, 2.45) is 5.73 Å². The Balaban J connectivity index is 1.60. The van der Waals surface area contributed by atoms with Crippen LogP contribution in [-0.4, -0.2) is 24.5 Å². The second-order valence-electron chi connectivity index (χ2n) is 6.99. The number of nitrogens with one attached hydrogen (secondary N) is 2. The van der Waals surface area contributed by atoms with Crippen molar-refractivity contribution >= 4 is 5.91 Å². The number of piperidine rings is 1. The third-order valence-corrected chi connectivity index (χ3v) is 5.02. The molecule has 2 atom stereocenters. The average molecular weight is 362 g/mol. The van der Waals surface area contributed by atoms with Crippen molar-refractivity contribution < 1.29 is 4.79 Å². The van der Waals surface area contributed by atoms with Crippen molar-refractivity contribution in [3.05, 3.63) is 59.7 Å². The molecule has 5 heteroatoms. The number of nitrogens with zero attached hydrogens (tertiary/aromatic N) is 1. The van der Waals surface area contributed by atoms with Gasteiger partial charge in [-0.15, -0.1) is 0 Å². The van der Waals surface area contributed by atoms with Crippen LogP contribution >= 0.6 is 0 Å². The number of amides is 1. The molecule has 1 heterocycles. The summed E-state index contributed by atoms with van der Waals surface area (Å²) < 4.78 is 0. The van der Waals surface area contributed by atoms with E-state index < -0.39 is 6.04 Å². The average Bonchev–Trinajstić information content (AvgIpc) is 2.74. The second-order valence-corrected chi connectivity index (χ2v) is 6.99. The summed E-state index contributed by atoms with van der Waals surface area (Å²) in [5.74, 6) is -0.0714. The van der Waals surface area contributed by atoms with Crippen LogP contribution < -0.4 is 16.4 Å². The molecule has 1 amide bonds. The van der Waals surface area contributed by atoms with E-state index in [1.54, 1.807) is 0 Å². The van der Waals surface area contributed by atoms with Crippen molar-refractivity contribution in [2.45, 2.75) is 44.3 Å². The van der Waals surface area contributed by atoms with Crippen LogP contribution in [0, 0.1) is 11.3 Å². The van der Waals surface area contributed by atoms with Gasteiger partial charge in [0.1, 0.15) is 6.04 Å². The molecule has 2 aromatic carbocycles.